The Balaban J connectivity index is 2.10. The number of hydrogen-bond donors (Lipinski definition) is 0. The fourth-order valence-electron chi connectivity index (χ4n) is 2.00. The molecule has 0 saturated heterocycles. The highest BCUT2D eigenvalue weighted by molar-refractivity contribution is 7.10. The molecule has 0 spiro atoms. The predicted molar refractivity (Wildman–Crippen MR) is 74.2 cm³/mol. The van der Waals surface area contributed by atoms with Crippen LogP contribution in [0.5, 0.6) is 11.5 Å². The van der Waals surface area contributed by atoms with Gasteiger partial charge in [-0.3, -0.25) is 0 Å². The van der Waals surface area contributed by atoms with Crippen molar-refractivity contribution in [1.82, 2.24) is 4.98 Å². The summed E-state index contributed by atoms with van der Waals surface area (Å²) in [6.45, 7) is 5.15. The van der Waals surface area contributed by atoms with Crippen molar-refractivity contribution in [3.63, 3.8) is 0 Å². The van der Waals surface area contributed by atoms with Crippen LogP contribution < -0.4 is 20.0 Å². The van der Waals surface area contributed by atoms with Gasteiger partial charge in [0.25, 0.3) is 0 Å². The maximum atomic E-state index is 5.63. The predicted octanol–water partition coefficient (Wildman–Crippen LogP) is 1.73. The Hall–Kier alpha value is -1.88. The first kappa shape index (κ1) is 12.2. The van der Waals surface area contributed by atoms with Crippen molar-refractivity contribution in [2.24, 2.45) is 4.99 Å². The third kappa shape index (κ3) is 2.10. The molecule has 1 aliphatic rings. The second-order valence-electron chi connectivity index (χ2n) is 3.98. The minimum atomic E-state index is 0.613. The molecule has 2 heterocycles. The van der Waals surface area contributed by atoms with Gasteiger partial charge in [-0.15, -0.1) is 11.3 Å². The van der Waals surface area contributed by atoms with Crippen LogP contribution in [0, 0.1) is 0 Å². The molecular formula is C14H14N2O2S. The van der Waals surface area contributed by atoms with E-state index in [4.69, 9.17) is 9.47 Å². The number of hydrogen-bond acceptors (Lipinski definition) is 5. The zero-order valence-corrected chi connectivity index (χ0v) is 11.7. The Morgan fingerprint density at radius 2 is 1.84 bits per heavy atom. The lowest BCUT2D eigenvalue weighted by atomic mass is 10.1. The molecular weight excluding hydrogens is 260 g/mol. The maximum absolute atomic E-state index is 5.63. The largest absolute Gasteiger partial charge is 0.490 e. The lowest BCUT2D eigenvalue weighted by Crippen LogP contribution is -2.35. The molecule has 0 unspecified atom stereocenters. The maximum Gasteiger partial charge on any atom is 0.163 e. The third-order valence-electron chi connectivity index (χ3n) is 2.78. The molecule has 0 bridgehead atoms. The lowest BCUT2D eigenvalue weighted by molar-refractivity contribution is 0.287. The van der Waals surface area contributed by atoms with Gasteiger partial charge in [-0.05, 0) is 19.9 Å². The van der Waals surface area contributed by atoms with Gasteiger partial charge in [0.15, 0.2) is 11.5 Å². The number of nitrogens with zero attached hydrogens (tertiary/aromatic N) is 2. The summed E-state index contributed by atoms with van der Waals surface area (Å²) in [7, 11) is 0. The van der Waals surface area contributed by atoms with E-state index in [0.717, 1.165) is 32.8 Å². The van der Waals surface area contributed by atoms with Gasteiger partial charge in [0.1, 0.15) is 10.7 Å². The van der Waals surface area contributed by atoms with E-state index in [1.165, 1.54) is 0 Å². The van der Waals surface area contributed by atoms with E-state index in [9.17, 15) is 0 Å². The average Bonchev–Trinajstić information content (AvgIpc) is 2.89. The van der Waals surface area contributed by atoms with Gasteiger partial charge in [0.2, 0.25) is 0 Å². The molecule has 0 N–H and O–H groups in total. The molecule has 0 amide bonds. The average molecular weight is 274 g/mol. The summed E-state index contributed by atoms with van der Waals surface area (Å²) in [6, 6.07) is 3.93. The molecule has 1 aromatic carbocycles. The summed E-state index contributed by atoms with van der Waals surface area (Å²) in [5.41, 5.74) is 0.939. The van der Waals surface area contributed by atoms with Crippen LogP contribution >= 0.6 is 11.3 Å². The summed E-state index contributed by atoms with van der Waals surface area (Å²) in [6.07, 6.45) is 1.79. The Bertz CT molecular complexity index is 708. The highest BCUT2D eigenvalue weighted by Crippen LogP contribution is 2.26. The normalized spacial score (nSPS) is 12.4. The number of ether oxygens (including phenoxy) is 2. The van der Waals surface area contributed by atoms with E-state index < -0.39 is 0 Å². The first-order valence-corrected chi connectivity index (χ1v) is 7.14. The number of thiazole rings is 1. The Morgan fingerprint density at radius 1 is 1.11 bits per heavy atom. The van der Waals surface area contributed by atoms with Crippen molar-refractivity contribution in [2.45, 2.75) is 13.8 Å². The number of benzene rings is 1. The fourth-order valence-corrected chi connectivity index (χ4v) is 2.64. The molecule has 0 atom stereocenters. The van der Waals surface area contributed by atoms with Gasteiger partial charge in [-0.2, -0.15) is 0 Å². The molecule has 4 nitrogen and oxygen atoms in total. The van der Waals surface area contributed by atoms with Crippen LogP contribution in [0.4, 0.5) is 0 Å². The van der Waals surface area contributed by atoms with Crippen LogP contribution in [0.25, 0.3) is 5.70 Å². The zero-order chi connectivity index (χ0) is 13.2. The molecule has 2 aromatic rings. The van der Waals surface area contributed by atoms with E-state index in [2.05, 4.69) is 9.98 Å². The smallest absolute Gasteiger partial charge is 0.163 e. The summed E-state index contributed by atoms with van der Waals surface area (Å²) in [4.78, 5) is 8.79. The number of aromatic nitrogens is 1. The van der Waals surface area contributed by atoms with E-state index in [1.807, 2.05) is 31.4 Å². The van der Waals surface area contributed by atoms with Crippen molar-refractivity contribution >= 4 is 17.0 Å². The summed E-state index contributed by atoms with van der Waals surface area (Å²) < 4.78 is 11.2. The quantitative estimate of drug-likeness (QED) is 0.834. The summed E-state index contributed by atoms with van der Waals surface area (Å²) >= 11 is 1.59. The minimum Gasteiger partial charge on any atom is -0.490 e. The lowest BCUT2D eigenvalue weighted by Gasteiger charge is -2.14. The van der Waals surface area contributed by atoms with E-state index in [0.29, 0.717) is 13.2 Å². The van der Waals surface area contributed by atoms with Crippen LogP contribution in [0.15, 0.2) is 28.7 Å². The Morgan fingerprint density at radius 3 is 2.47 bits per heavy atom. The van der Waals surface area contributed by atoms with Gasteiger partial charge >= 0.3 is 0 Å². The molecule has 0 fully saturated rings. The molecule has 3 rings (SSSR count). The SMILES string of the molecule is CCOc1cc2c(cc1OCC)=C(c1nccs1)N=2. The van der Waals surface area contributed by atoms with E-state index in [-0.39, 0.29) is 0 Å². The molecule has 19 heavy (non-hydrogen) atoms. The van der Waals surface area contributed by atoms with Crippen LogP contribution in [-0.4, -0.2) is 18.2 Å². The Kier molecular flexibility index (Phi) is 3.21. The van der Waals surface area contributed by atoms with Crippen LogP contribution in [-0.2, 0) is 0 Å². The van der Waals surface area contributed by atoms with Crippen LogP contribution in [0.3, 0.4) is 0 Å². The fraction of sp³-hybridized carbons (Fsp3) is 0.286. The van der Waals surface area contributed by atoms with Gasteiger partial charge in [0, 0.05) is 22.9 Å². The van der Waals surface area contributed by atoms with Gasteiger partial charge < -0.3 is 9.47 Å². The van der Waals surface area contributed by atoms with Crippen LogP contribution in [0.1, 0.15) is 18.9 Å². The monoisotopic (exact) mass is 274 g/mol. The van der Waals surface area contributed by atoms with Crippen molar-refractivity contribution in [1.29, 1.82) is 0 Å². The molecule has 0 saturated carbocycles. The minimum absolute atomic E-state index is 0.613. The molecule has 0 aliphatic carbocycles. The van der Waals surface area contributed by atoms with Crippen molar-refractivity contribution in [3.8, 4) is 11.5 Å². The first-order valence-electron chi connectivity index (χ1n) is 6.26. The molecule has 1 aliphatic heterocycles. The number of rotatable bonds is 5. The van der Waals surface area contributed by atoms with Gasteiger partial charge in [-0.1, -0.05) is 0 Å². The zero-order valence-electron chi connectivity index (χ0n) is 10.8. The highest BCUT2D eigenvalue weighted by atomic mass is 32.1. The van der Waals surface area contributed by atoms with Crippen molar-refractivity contribution < 1.29 is 9.47 Å². The summed E-state index contributed by atoms with van der Waals surface area (Å²) in [5, 5.41) is 4.92. The second-order valence-corrected chi connectivity index (χ2v) is 4.87. The van der Waals surface area contributed by atoms with Crippen molar-refractivity contribution in [3.05, 3.63) is 39.3 Å². The first-order chi connectivity index (χ1) is 9.33. The molecule has 1 aromatic heterocycles. The third-order valence-corrected chi connectivity index (χ3v) is 3.56. The highest BCUT2D eigenvalue weighted by Gasteiger charge is 2.16. The van der Waals surface area contributed by atoms with Crippen LogP contribution in [0.2, 0.25) is 0 Å². The van der Waals surface area contributed by atoms with Gasteiger partial charge in [-0.25, -0.2) is 9.98 Å². The second kappa shape index (κ2) is 5.01. The summed E-state index contributed by atoms with van der Waals surface area (Å²) in [5.74, 6) is 1.53. The topological polar surface area (TPSA) is 43.7 Å². The molecule has 0 radical (unpaired) electrons. The van der Waals surface area contributed by atoms with E-state index in [1.54, 1.807) is 17.5 Å². The molecule has 98 valence electrons. The van der Waals surface area contributed by atoms with Gasteiger partial charge in [0.05, 0.1) is 18.6 Å². The van der Waals surface area contributed by atoms with Crippen molar-refractivity contribution in [2.75, 3.05) is 13.2 Å². The number of fused-ring (bicyclic) bond motifs is 1. The molecule has 5 heteroatoms. The Labute approximate surface area is 115 Å². The standard InChI is InChI=1S/C14H14N2O2S/c1-3-17-11-7-9-10(8-12(11)18-4-2)16-13(9)14-15-5-6-19-14/h5-8H,3-4H2,1-2H3. The van der Waals surface area contributed by atoms with E-state index >= 15 is 0 Å².